The molecule has 28 heavy (non-hydrogen) atoms. The minimum absolute atomic E-state index is 0.0931. The number of morpholine rings is 2. The molecule has 3 atom stereocenters. The van der Waals surface area contributed by atoms with E-state index in [0.717, 1.165) is 58.5 Å². The molecule has 1 aromatic rings. The molecule has 0 radical (unpaired) electrons. The number of aryl methyl sites for hydroxylation is 1. The van der Waals surface area contributed by atoms with E-state index in [1.807, 2.05) is 0 Å². The van der Waals surface area contributed by atoms with Gasteiger partial charge in [-0.3, -0.25) is 9.89 Å². The Labute approximate surface area is 169 Å². The molecule has 0 saturated carbocycles. The van der Waals surface area contributed by atoms with Crippen molar-refractivity contribution in [2.45, 2.75) is 45.9 Å². The van der Waals surface area contributed by atoms with Gasteiger partial charge in [0.05, 0.1) is 32.9 Å². The second-order valence-corrected chi connectivity index (χ2v) is 7.87. The number of benzene rings is 1. The fraction of sp³-hybridized carbons (Fsp3) is 0.682. The van der Waals surface area contributed by atoms with Crippen molar-refractivity contribution in [3.63, 3.8) is 0 Å². The zero-order valence-corrected chi connectivity index (χ0v) is 17.9. The topological polar surface area (TPSA) is 49.3 Å². The molecule has 1 N–H and O–H groups in total. The zero-order valence-electron chi connectivity index (χ0n) is 17.9. The highest BCUT2D eigenvalue weighted by Gasteiger charge is 2.26. The molecule has 6 nitrogen and oxygen atoms in total. The third-order valence-electron chi connectivity index (χ3n) is 5.73. The fourth-order valence-electron chi connectivity index (χ4n) is 4.12. The van der Waals surface area contributed by atoms with Crippen molar-refractivity contribution in [3.05, 3.63) is 35.4 Å². The van der Waals surface area contributed by atoms with Crippen LogP contribution in [-0.4, -0.2) is 80.4 Å². The second kappa shape index (κ2) is 10.2. The highest BCUT2D eigenvalue weighted by atomic mass is 16.5. The van der Waals surface area contributed by atoms with Gasteiger partial charge in [0.1, 0.15) is 6.10 Å². The van der Waals surface area contributed by atoms with Gasteiger partial charge in [-0.2, -0.15) is 0 Å². The summed E-state index contributed by atoms with van der Waals surface area (Å²) < 4.78 is 11.7. The lowest BCUT2D eigenvalue weighted by Crippen LogP contribution is -2.51. The van der Waals surface area contributed by atoms with Gasteiger partial charge in [0, 0.05) is 31.7 Å². The van der Waals surface area contributed by atoms with Crippen LogP contribution in [-0.2, 0) is 9.47 Å². The Bertz CT molecular complexity index is 651. The van der Waals surface area contributed by atoms with Crippen LogP contribution in [0.15, 0.2) is 29.3 Å². The molecule has 0 spiro atoms. The molecule has 0 bridgehead atoms. The normalized spacial score (nSPS) is 25.6. The van der Waals surface area contributed by atoms with Crippen molar-refractivity contribution >= 4 is 5.96 Å². The predicted molar refractivity (Wildman–Crippen MR) is 114 cm³/mol. The Morgan fingerprint density at radius 2 is 2.11 bits per heavy atom. The third kappa shape index (κ3) is 5.25. The van der Waals surface area contributed by atoms with Gasteiger partial charge >= 0.3 is 0 Å². The van der Waals surface area contributed by atoms with E-state index in [4.69, 9.17) is 14.5 Å². The highest BCUT2D eigenvalue weighted by Crippen LogP contribution is 2.25. The Balaban J connectivity index is 1.66. The van der Waals surface area contributed by atoms with Gasteiger partial charge in [-0.1, -0.05) is 24.3 Å². The Hall–Kier alpha value is -1.63. The molecule has 0 amide bonds. The van der Waals surface area contributed by atoms with Crippen molar-refractivity contribution in [2.75, 3.05) is 52.5 Å². The van der Waals surface area contributed by atoms with E-state index in [1.165, 1.54) is 11.1 Å². The molecular formula is C22H36N4O2. The van der Waals surface area contributed by atoms with Crippen molar-refractivity contribution in [1.82, 2.24) is 15.1 Å². The van der Waals surface area contributed by atoms with Crippen LogP contribution in [0.25, 0.3) is 0 Å². The minimum atomic E-state index is 0.0931. The maximum absolute atomic E-state index is 6.09. The molecule has 2 aliphatic rings. The van der Waals surface area contributed by atoms with Crippen molar-refractivity contribution in [1.29, 1.82) is 0 Å². The Kier molecular flexibility index (Phi) is 7.71. The van der Waals surface area contributed by atoms with Gasteiger partial charge in [-0.05, 0) is 38.8 Å². The second-order valence-electron chi connectivity index (χ2n) is 7.87. The van der Waals surface area contributed by atoms with Crippen molar-refractivity contribution in [2.24, 2.45) is 4.99 Å². The summed E-state index contributed by atoms with van der Waals surface area (Å²) in [5, 5.41) is 3.49. The minimum Gasteiger partial charge on any atom is -0.379 e. The summed E-state index contributed by atoms with van der Waals surface area (Å²) in [6.07, 6.45) is 0.0931. The summed E-state index contributed by atoms with van der Waals surface area (Å²) in [5.41, 5.74) is 2.56. The van der Waals surface area contributed by atoms with Gasteiger partial charge in [0.25, 0.3) is 0 Å². The fourth-order valence-corrected chi connectivity index (χ4v) is 4.12. The predicted octanol–water partition coefficient (Wildman–Crippen LogP) is 2.44. The number of hydrogen-bond donors (Lipinski definition) is 1. The van der Waals surface area contributed by atoms with Gasteiger partial charge in [0.15, 0.2) is 5.96 Å². The summed E-state index contributed by atoms with van der Waals surface area (Å²) in [6, 6.07) is 9.36. The van der Waals surface area contributed by atoms with Crippen LogP contribution < -0.4 is 5.32 Å². The van der Waals surface area contributed by atoms with E-state index in [2.05, 4.69) is 67.1 Å². The third-order valence-corrected chi connectivity index (χ3v) is 5.73. The quantitative estimate of drug-likeness (QED) is 0.620. The SMILES string of the molecule is CCNC(=NCC(C)N1CCOCC1C)N1CCOC(c2ccccc2C)C1. The summed E-state index contributed by atoms with van der Waals surface area (Å²) in [6.45, 7) is 15.5. The van der Waals surface area contributed by atoms with Crippen LogP contribution in [0.5, 0.6) is 0 Å². The first-order valence-electron chi connectivity index (χ1n) is 10.6. The number of ether oxygens (including phenoxy) is 2. The van der Waals surface area contributed by atoms with Crippen LogP contribution in [0, 0.1) is 6.92 Å². The molecule has 3 rings (SSSR count). The van der Waals surface area contributed by atoms with Crippen LogP contribution in [0.4, 0.5) is 0 Å². The molecule has 0 aromatic heterocycles. The first-order chi connectivity index (χ1) is 13.6. The number of guanidine groups is 1. The van der Waals surface area contributed by atoms with E-state index in [9.17, 15) is 0 Å². The maximum atomic E-state index is 6.09. The lowest BCUT2D eigenvalue weighted by molar-refractivity contribution is -0.0170. The zero-order chi connectivity index (χ0) is 19.9. The first kappa shape index (κ1) is 21.1. The summed E-state index contributed by atoms with van der Waals surface area (Å²) in [5.74, 6) is 0.997. The average Bonchev–Trinajstić information content (AvgIpc) is 2.71. The van der Waals surface area contributed by atoms with Gasteiger partial charge < -0.3 is 19.7 Å². The van der Waals surface area contributed by atoms with Gasteiger partial charge in [-0.25, -0.2) is 0 Å². The summed E-state index contributed by atoms with van der Waals surface area (Å²) >= 11 is 0. The van der Waals surface area contributed by atoms with Crippen molar-refractivity contribution < 1.29 is 9.47 Å². The number of hydrogen-bond acceptors (Lipinski definition) is 4. The maximum Gasteiger partial charge on any atom is 0.194 e. The number of rotatable bonds is 5. The Morgan fingerprint density at radius 3 is 2.86 bits per heavy atom. The number of aliphatic imine (C=N–C) groups is 1. The molecule has 2 saturated heterocycles. The molecule has 2 aliphatic heterocycles. The van der Waals surface area contributed by atoms with Gasteiger partial charge in [0.2, 0.25) is 0 Å². The summed E-state index contributed by atoms with van der Waals surface area (Å²) in [7, 11) is 0. The van der Waals surface area contributed by atoms with Crippen LogP contribution in [0.3, 0.4) is 0 Å². The van der Waals surface area contributed by atoms with Crippen LogP contribution >= 0.6 is 0 Å². The van der Waals surface area contributed by atoms with E-state index in [1.54, 1.807) is 0 Å². The highest BCUT2D eigenvalue weighted by molar-refractivity contribution is 5.80. The van der Waals surface area contributed by atoms with E-state index >= 15 is 0 Å². The van der Waals surface area contributed by atoms with Crippen molar-refractivity contribution in [3.8, 4) is 0 Å². The molecule has 156 valence electrons. The lowest BCUT2D eigenvalue weighted by atomic mass is 10.0. The molecule has 0 aliphatic carbocycles. The lowest BCUT2D eigenvalue weighted by Gasteiger charge is -2.38. The van der Waals surface area contributed by atoms with E-state index in [0.29, 0.717) is 12.1 Å². The molecule has 3 unspecified atom stereocenters. The largest absolute Gasteiger partial charge is 0.379 e. The van der Waals surface area contributed by atoms with Crippen LogP contribution in [0.2, 0.25) is 0 Å². The standard InChI is InChI=1S/C22H36N4O2/c1-5-23-22(24-14-18(3)26-11-12-27-16-19(26)4)25-10-13-28-21(15-25)20-9-7-6-8-17(20)2/h6-9,18-19,21H,5,10-16H2,1-4H3,(H,23,24). The average molecular weight is 389 g/mol. The summed E-state index contributed by atoms with van der Waals surface area (Å²) in [4.78, 5) is 9.84. The molecule has 2 fully saturated rings. The molecule has 2 heterocycles. The van der Waals surface area contributed by atoms with Crippen LogP contribution in [0.1, 0.15) is 38.0 Å². The monoisotopic (exact) mass is 388 g/mol. The molecule has 6 heteroatoms. The smallest absolute Gasteiger partial charge is 0.194 e. The first-order valence-corrected chi connectivity index (χ1v) is 10.6. The number of nitrogens with one attached hydrogen (secondary N) is 1. The Morgan fingerprint density at radius 1 is 1.29 bits per heavy atom. The molecule has 1 aromatic carbocycles. The van der Waals surface area contributed by atoms with Gasteiger partial charge in [-0.15, -0.1) is 0 Å². The van der Waals surface area contributed by atoms with E-state index in [-0.39, 0.29) is 6.10 Å². The number of nitrogens with zero attached hydrogens (tertiary/aromatic N) is 3. The van der Waals surface area contributed by atoms with E-state index < -0.39 is 0 Å². The molecular weight excluding hydrogens is 352 g/mol.